The molecular weight excluding hydrogens is 476 g/mol. The Bertz CT molecular complexity index is 1200. The Kier molecular flexibility index (Phi) is 7.24. The fourth-order valence-electron chi connectivity index (χ4n) is 3.58. The minimum absolute atomic E-state index is 0.146. The van der Waals surface area contributed by atoms with Crippen LogP contribution in [0.2, 0.25) is 10.2 Å². The van der Waals surface area contributed by atoms with Crippen LogP contribution in [0.3, 0.4) is 0 Å². The highest BCUT2D eigenvalue weighted by molar-refractivity contribution is 6.31. The average Bonchev–Trinajstić information content (AvgIpc) is 2.71. The summed E-state index contributed by atoms with van der Waals surface area (Å²) in [6.07, 6.45) is 1.46. The predicted octanol–water partition coefficient (Wildman–Crippen LogP) is 7.04. The van der Waals surface area contributed by atoms with Crippen LogP contribution in [-0.2, 0) is 10.2 Å². The van der Waals surface area contributed by atoms with Crippen molar-refractivity contribution in [3.05, 3.63) is 75.8 Å². The molecule has 1 aromatic heterocycles. The summed E-state index contributed by atoms with van der Waals surface area (Å²) in [5.74, 6) is -0.893. The van der Waals surface area contributed by atoms with Gasteiger partial charge in [0.2, 0.25) is 5.91 Å². The third kappa shape index (κ3) is 5.42. The van der Waals surface area contributed by atoms with Gasteiger partial charge in [-0.3, -0.25) is 4.79 Å². The van der Waals surface area contributed by atoms with Crippen LogP contribution in [0.4, 0.5) is 18.9 Å². The van der Waals surface area contributed by atoms with Crippen LogP contribution in [0.25, 0.3) is 11.1 Å². The first-order valence-electron chi connectivity index (χ1n) is 9.86. The summed E-state index contributed by atoms with van der Waals surface area (Å²) in [5.41, 5.74) is 1.59. The van der Waals surface area contributed by atoms with Gasteiger partial charge in [-0.25, -0.2) is 9.37 Å². The van der Waals surface area contributed by atoms with Gasteiger partial charge in [0.15, 0.2) is 0 Å². The van der Waals surface area contributed by atoms with E-state index in [1.54, 1.807) is 40.0 Å². The number of carbonyl (C=O) groups is 1. The lowest BCUT2D eigenvalue weighted by Gasteiger charge is -2.31. The molecular formula is C24H21Cl2F3N2O2. The first-order valence-corrected chi connectivity index (χ1v) is 10.6. The Labute approximate surface area is 199 Å². The number of anilines is 1. The molecule has 0 radical (unpaired) electrons. The second-order valence-corrected chi connectivity index (χ2v) is 8.85. The maximum Gasteiger partial charge on any atom is 0.387 e. The van der Waals surface area contributed by atoms with E-state index in [0.717, 1.165) is 0 Å². The maximum absolute atomic E-state index is 13.6. The topological polar surface area (TPSA) is 42.4 Å². The van der Waals surface area contributed by atoms with Crippen molar-refractivity contribution in [2.75, 3.05) is 11.9 Å². The number of hydrogen-bond acceptors (Lipinski definition) is 3. The summed E-state index contributed by atoms with van der Waals surface area (Å²) >= 11 is 12.2. The molecule has 0 spiro atoms. The molecule has 1 heterocycles. The molecule has 3 aromatic rings. The van der Waals surface area contributed by atoms with Gasteiger partial charge in [0.05, 0.1) is 17.3 Å². The fraction of sp³-hybridized carbons (Fsp3) is 0.250. The van der Waals surface area contributed by atoms with Crippen LogP contribution in [0.1, 0.15) is 25.0 Å². The predicted molar refractivity (Wildman–Crippen MR) is 124 cm³/mol. The molecule has 0 bridgehead atoms. The molecule has 0 saturated carbocycles. The Morgan fingerprint density at radius 3 is 2.42 bits per heavy atom. The van der Waals surface area contributed by atoms with Crippen LogP contribution < -0.4 is 9.64 Å². The number of nitrogens with zero attached hydrogens (tertiary/aromatic N) is 2. The Morgan fingerprint density at radius 2 is 1.79 bits per heavy atom. The number of amides is 1. The Balaban J connectivity index is 2.05. The van der Waals surface area contributed by atoms with Gasteiger partial charge in [-0.2, -0.15) is 8.78 Å². The number of rotatable bonds is 6. The zero-order valence-electron chi connectivity index (χ0n) is 18.3. The molecule has 1 amide bonds. The van der Waals surface area contributed by atoms with Gasteiger partial charge in [-0.1, -0.05) is 29.3 Å². The molecule has 174 valence electrons. The van der Waals surface area contributed by atoms with Crippen LogP contribution >= 0.6 is 23.2 Å². The molecule has 0 atom stereocenters. The molecule has 33 heavy (non-hydrogen) atoms. The van der Waals surface area contributed by atoms with Crippen molar-refractivity contribution >= 4 is 34.8 Å². The highest BCUT2D eigenvalue weighted by Gasteiger charge is 2.35. The van der Waals surface area contributed by atoms with Crippen molar-refractivity contribution in [1.29, 1.82) is 0 Å². The second-order valence-electron chi connectivity index (χ2n) is 8.03. The highest BCUT2D eigenvalue weighted by Crippen LogP contribution is 2.37. The second kappa shape index (κ2) is 9.61. The van der Waals surface area contributed by atoms with E-state index >= 15 is 0 Å². The van der Waals surface area contributed by atoms with Crippen molar-refractivity contribution < 1.29 is 22.7 Å². The number of likely N-dealkylation sites (N-methyl/N-ethyl adjacent to an activating group) is 1. The monoisotopic (exact) mass is 496 g/mol. The van der Waals surface area contributed by atoms with E-state index < -0.39 is 12.0 Å². The standard InChI is InChI=1S/C24H21Cl2F3N2O2/c1-13-7-16(27)5-6-18(13)19-11-21(26)30-12-20(19)31(4)22(32)24(2,3)14-8-15(25)10-17(9-14)33-23(28)29/h5-12,23H,1-4H3. The fourth-order valence-corrected chi connectivity index (χ4v) is 3.96. The molecule has 0 unspecified atom stereocenters. The maximum atomic E-state index is 13.6. The van der Waals surface area contributed by atoms with Crippen molar-refractivity contribution in [1.82, 2.24) is 4.98 Å². The van der Waals surface area contributed by atoms with Crippen molar-refractivity contribution in [2.24, 2.45) is 0 Å². The number of ether oxygens (including phenoxy) is 1. The molecule has 0 fully saturated rings. The lowest BCUT2D eigenvalue weighted by Crippen LogP contribution is -2.41. The number of pyridine rings is 1. The van der Waals surface area contributed by atoms with Gasteiger partial charge in [-0.15, -0.1) is 0 Å². The van der Waals surface area contributed by atoms with Crippen molar-refractivity contribution in [2.45, 2.75) is 32.8 Å². The van der Waals surface area contributed by atoms with E-state index in [0.29, 0.717) is 27.9 Å². The molecule has 0 aliphatic heterocycles. The van der Waals surface area contributed by atoms with Gasteiger partial charge in [0, 0.05) is 17.6 Å². The van der Waals surface area contributed by atoms with Gasteiger partial charge in [0.25, 0.3) is 0 Å². The van der Waals surface area contributed by atoms with E-state index in [1.165, 1.54) is 41.4 Å². The van der Waals surface area contributed by atoms with Crippen molar-refractivity contribution in [3.8, 4) is 16.9 Å². The number of carbonyl (C=O) groups excluding carboxylic acids is 1. The van der Waals surface area contributed by atoms with E-state index in [4.69, 9.17) is 23.2 Å². The average molecular weight is 497 g/mol. The third-order valence-corrected chi connectivity index (χ3v) is 5.77. The number of halogens is 5. The molecule has 0 saturated heterocycles. The number of hydrogen-bond donors (Lipinski definition) is 0. The normalized spacial score (nSPS) is 11.6. The van der Waals surface area contributed by atoms with Crippen molar-refractivity contribution in [3.63, 3.8) is 0 Å². The van der Waals surface area contributed by atoms with Gasteiger partial charge in [0.1, 0.15) is 16.7 Å². The summed E-state index contributed by atoms with van der Waals surface area (Å²) in [7, 11) is 1.57. The molecule has 2 aromatic carbocycles. The quantitative estimate of drug-likeness (QED) is 0.343. The van der Waals surface area contributed by atoms with Crippen LogP contribution in [0, 0.1) is 12.7 Å². The van der Waals surface area contributed by atoms with Gasteiger partial charge < -0.3 is 9.64 Å². The van der Waals surface area contributed by atoms with Crippen LogP contribution in [-0.4, -0.2) is 24.6 Å². The Hall–Kier alpha value is -2.77. The summed E-state index contributed by atoms with van der Waals surface area (Å²) < 4.78 is 43.5. The van der Waals surface area contributed by atoms with Crippen LogP contribution in [0.15, 0.2) is 48.7 Å². The van der Waals surface area contributed by atoms with Gasteiger partial charge in [-0.05, 0) is 73.9 Å². The largest absolute Gasteiger partial charge is 0.435 e. The smallest absolute Gasteiger partial charge is 0.387 e. The number of alkyl halides is 2. The Morgan fingerprint density at radius 1 is 1.09 bits per heavy atom. The molecule has 0 N–H and O–H groups in total. The molecule has 0 aliphatic rings. The van der Waals surface area contributed by atoms with Gasteiger partial charge >= 0.3 is 6.61 Å². The first-order chi connectivity index (χ1) is 15.4. The lowest BCUT2D eigenvalue weighted by atomic mass is 9.83. The van der Waals surface area contributed by atoms with E-state index in [1.807, 2.05) is 0 Å². The van der Waals surface area contributed by atoms with E-state index in [2.05, 4.69) is 9.72 Å². The molecule has 9 heteroatoms. The van der Waals surface area contributed by atoms with E-state index in [9.17, 15) is 18.0 Å². The number of benzene rings is 2. The number of aryl methyl sites for hydroxylation is 1. The summed E-state index contributed by atoms with van der Waals surface area (Å²) in [4.78, 5) is 19.1. The number of aromatic nitrogens is 1. The highest BCUT2D eigenvalue weighted by atomic mass is 35.5. The lowest BCUT2D eigenvalue weighted by molar-refractivity contribution is -0.122. The first kappa shape index (κ1) is 24.9. The minimum Gasteiger partial charge on any atom is -0.435 e. The molecule has 3 rings (SSSR count). The minimum atomic E-state index is -3.03. The summed E-state index contributed by atoms with van der Waals surface area (Å²) in [6, 6.07) is 10.0. The molecule has 4 nitrogen and oxygen atoms in total. The zero-order chi connectivity index (χ0) is 24.5. The van der Waals surface area contributed by atoms with E-state index in [-0.39, 0.29) is 27.6 Å². The zero-order valence-corrected chi connectivity index (χ0v) is 19.8. The van der Waals surface area contributed by atoms with Crippen LogP contribution in [0.5, 0.6) is 5.75 Å². The SMILES string of the molecule is Cc1cc(F)ccc1-c1cc(Cl)ncc1N(C)C(=O)C(C)(C)c1cc(Cl)cc(OC(F)F)c1. The summed E-state index contributed by atoms with van der Waals surface area (Å²) in [5, 5.41) is 0.365. The molecule has 0 aliphatic carbocycles. The summed E-state index contributed by atoms with van der Waals surface area (Å²) in [6.45, 7) is 2.02. The third-order valence-electron chi connectivity index (χ3n) is 5.35.